The van der Waals surface area contributed by atoms with E-state index >= 15 is 0 Å². The van der Waals surface area contributed by atoms with Gasteiger partial charge in [-0.1, -0.05) is 17.3 Å². The van der Waals surface area contributed by atoms with Gasteiger partial charge in [-0.25, -0.2) is 5.43 Å². The molecular formula is C19H12F3N5O3. The molecule has 2 N–H and O–H groups in total. The lowest BCUT2D eigenvalue weighted by atomic mass is 10.1. The third-order valence-corrected chi connectivity index (χ3v) is 3.95. The number of anilines is 1. The van der Waals surface area contributed by atoms with Gasteiger partial charge >= 0.3 is 18.1 Å². The Bertz CT molecular complexity index is 1170. The smallest absolute Gasteiger partial charge is 0.416 e. The summed E-state index contributed by atoms with van der Waals surface area (Å²) in [6.07, 6.45) is -1.34. The van der Waals surface area contributed by atoms with E-state index in [9.17, 15) is 18.0 Å². The maximum absolute atomic E-state index is 12.9. The molecule has 8 nitrogen and oxygen atoms in total. The second kappa shape index (κ2) is 7.70. The van der Waals surface area contributed by atoms with Gasteiger partial charge in [0.2, 0.25) is 5.82 Å². The standard InChI is InChI=1S/C19H12F3N5O3/c20-19(21,22)13-3-1-2-12(10-13)14-4-5-15(29-14)17(28)25-26-18-24-16(27-30-18)11-6-8-23-9-7-11/h1-10H,(H,25,28)(H,24,26,27). The summed E-state index contributed by atoms with van der Waals surface area (Å²) < 4.78 is 48.9. The minimum Gasteiger partial charge on any atom is -0.451 e. The Morgan fingerprint density at radius 3 is 2.57 bits per heavy atom. The zero-order valence-electron chi connectivity index (χ0n) is 15.0. The molecule has 0 bridgehead atoms. The van der Waals surface area contributed by atoms with E-state index < -0.39 is 17.6 Å². The summed E-state index contributed by atoms with van der Waals surface area (Å²) in [5.41, 5.74) is 4.80. The minimum atomic E-state index is -4.48. The number of nitrogens with one attached hydrogen (secondary N) is 2. The van der Waals surface area contributed by atoms with Crippen LogP contribution in [-0.2, 0) is 6.18 Å². The second-order valence-corrected chi connectivity index (χ2v) is 5.98. The SMILES string of the molecule is O=C(NNc1nc(-c2ccncc2)no1)c1ccc(-c2cccc(C(F)(F)F)c2)o1. The van der Waals surface area contributed by atoms with Crippen LogP contribution < -0.4 is 10.9 Å². The van der Waals surface area contributed by atoms with Gasteiger partial charge in [-0.3, -0.25) is 15.2 Å². The van der Waals surface area contributed by atoms with Crippen molar-refractivity contribution in [2.45, 2.75) is 6.18 Å². The summed E-state index contributed by atoms with van der Waals surface area (Å²) in [6.45, 7) is 0. The highest BCUT2D eigenvalue weighted by Crippen LogP contribution is 2.32. The number of pyridine rings is 1. The average molecular weight is 415 g/mol. The molecule has 0 saturated heterocycles. The molecule has 3 heterocycles. The van der Waals surface area contributed by atoms with E-state index in [-0.39, 0.29) is 23.1 Å². The number of benzene rings is 1. The zero-order valence-corrected chi connectivity index (χ0v) is 15.0. The molecule has 0 saturated carbocycles. The van der Waals surface area contributed by atoms with Gasteiger partial charge < -0.3 is 8.94 Å². The van der Waals surface area contributed by atoms with E-state index in [0.717, 1.165) is 12.1 Å². The number of amides is 1. The van der Waals surface area contributed by atoms with Gasteiger partial charge in [0, 0.05) is 23.5 Å². The second-order valence-electron chi connectivity index (χ2n) is 5.98. The zero-order chi connectivity index (χ0) is 21.1. The van der Waals surface area contributed by atoms with Crippen LogP contribution in [0, 0.1) is 0 Å². The lowest BCUT2D eigenvalue weighted by molar-refractivity contribution is -0.137. The van der Waals surface area contributed by atoms with Crippen LogP contribution in [0.5, 0.6) is 0 Å². The van der Waals surface area contributed by atoms with Crippen molar-refractivity contribution in [1.29, 1.82) is 0 Å². The van der Waals surface area contributed by atoms with Crippen LogP contribution in [-0.4, -0.2) is 21.0 Å². The van der Waals surface area contributed by atoms with E-state index in [4.69, 9.17) is 8.94 Å². The van der Waals surface area contributed by atoms with Crippen LogP contribution >= 0.6 is 0 Å². The molecule has 152 valence electrons. The highest BCUT2D eigenvalue weighted by molar-refractivity contribution is 5.92. The number of carbonyl (C=O) groups excluding carboxylic acids is 1. The van der Waals surface area contributed by atoms with Gasteiger partial charge in [-0.2, -0.15) is 18.2 Å². The summed E-state index contributed by atoms with van der Waals surface area (Å²) >= 11 is 0. The van der Waals surface area contributed by atoms with Crippen molar-refractivity contribution in [3.8, 4) is 22.7 Å². The molecule has 4 rings (SSSR count). The molecule has 0 fully saturated rings. The molecule has 0 aliphatic heterocycles. The van der Waals surface area contributed by atoms with Crippen molar-refractivity contribution in [3.05, 3.63) is 72.2 Å². The lowest BCUT2D eigenvalue weighted by Crippen LogP contribution is -2.29. The predicted molar refractivity (Wildman–Crippen MR) is 97.8 cm³/mol. The van der Waals surface area contributed by atoms with E-state index in [2.05, 4.69) is 26.0 Å². The predicted octanol–water partition coefficient (Wildman–Crippen LogP) is 4.17. The number of carbonyl (C=O) groups is 1. The first-order chi connectivity index (χ1) is 14.4. The highest BCUT2D eigenvalue weighted by atomic mass is 19.4. The molecule has 0 unspecified atom stereocenters. The molecule has 30 heavy (non-hydrogen) atoms. The number of alkyl halides is 3. The number of hydrogen-bond donors (Lipinski definition) is 2. The fraction of sp³-hybridized carbons (Fsp3) is 0.0526. The van der Waals surface area contributed by atoms with Crippen LogP contribution in [0.3, 0.4) is 0 Å². The summed E-state index contributed by atoms with van der Waals surface area (Å²) in [5, 5.41) is 3.77. The van der Waals surface area contributed by atoms with Crippen molar-refractivity contribution >= 4 is 11.9 Å². The number of hydrogen-bond acceptors (Lipinski definition) is 7. The number of nitrogens with zero attached hydrogens (tertiary/aromatic N) is 3. The first-order valence-electron chi connectivity index (χ1n) is 8.48. The first kappa shape index (κ1) is 19.2. The average Bonchev–Trinajstić information content (AvgIpc) is 3.42. The molecule has 0 aliphatic rings. The van der Waals surface area contributed by atoms with Gasteiger partial charge in [0.25, 0.3) is 0 Å². The summed E-state index contributed by atoms with van der Waals surface area (Å²) in [6, 6.07) is 10.6. The third kappa shape index (κ3) is 4.14. The summed E-state index contributed by atoms with van der Waals surface area (Å²) in [4.78, 5) is 20.2. The van der Waals surface area contributed by atoms with Crippen molar-refractivity contribution in [2.75, 3.05) is 5.43 Å². The normalized spacial score (nSPS) is 11.3. The Balaban J connectivity index is 1.42. The monoisotopic (exact) mass is 415 g/mol. The summed E-state index contributed by atoms with van der Waals surface area (Å²) in [5.74, 6) is -0.399. The quantitative estimate of drug-likeness (QED) is 0.471. The first-order valence-corrected chi connectivity index (χ1v) is 8.48. The maximum Gasteiger partial charge on any atom is 0.416 e. The van der Waals surface area contributed by atoms with Crippen molar-refractivity contribution in [1.82, 2.24) is 20.6 Å². The van der Waals surface area contributed by atoms with Gasteiger partial charge in [-0.15, -0.1) is 0 Å². The van der Waals surface area contributed by atoms with Gasteiger partial charge in [-0.05, 0) is 36.4 Å². The molecule has 0 radical (unpaired) electrons. The number of halogens is 3. The number of aromatic nitrogens is 3. The van der Waals surface area contributed by atoms with Crippen molar-refractivity contribution in [3.63, 3.8) is 0 Å². The van der Waals surface area contributed by atoms with Crippen LogP contribution in [0.4, 0.5) is 19.2 Å². The van der Waals surface area contributed by atoms with Crippen LogP contribution in [0.25, 0.3) is 22.7 Å². The fourth-order valence-corrected chi connectivity index (χ4v) is 2.53. The molecule has 1 aromatic carbocycles. The number of rotatable bonds is 5. The highest BCUT2D eigenvalue weighted by Gasteiger charge is 2.30. The van der Waals surface area contributed by atoms with Crippen LogP contribution in [0.15, 0.2) is 69.9 Å². The molecular weight excluding hydrogens is 403 g/mol. The number of furan rings is 1. The van der Waals surface area contributed by atoms with Crippen LogP contribution in [0.2, 0.25) is 0 Å². The van der Waals surface area contributed by atoms with Crippen molar-refractivity contribution < 1.29 is 26.9 Å². The van der Waals surface area contributed by atoms with Gasteiger partial charge in [0.1, 0.15) is 5.76 Å². The molecule has 0 spiro atoms. The Kier molecular flexibility index (Phi) is 4.92. The van der Waals surface area contributed by atoms with Crippen molar-refractivity contribution in [2.24, 2.45) is 0 Å². The fourth-order valence-electron chi connectivity index (χ4n) is 2.53. The number of hydrazine groups is 1. The Hall–Kier alpha value is -4.15. The molecule has 3 aromatic heterocycles. The molecule has 11 heteroatoms. The third-order valence-electron chi connectivity index (χ3n) is 3.95. The maximum atomic E-state index is 12.9. The molecule has 4 aromatic rings. The van der Waals surface area contributed by atoms with E-state index in [1.54, 1.807) is 24.5 Å². The summed E-state index contributed by atoms with van der Waals surface area (Å²) in [7, 11) is 0. The lowest BCUT2D eigenvalue weighted by Gasteiger charge is -2.07. The van der Waals surface area contributed by atoms with E-state index in [0.29, 0.717) is 11.4 Å². The topological polar surface area (TPSA) is 106 Å². The Morgan fingerprint density at radius 1 is 1.00 bits per heavy atom. The van der Waals surface area contributed by atoms with E-state index in [1.165, 1.54) is 24.3 Å². The largest absolute Gasteiger partial charge is 0.451 e. The van der Waals surface area contributed by atoms with Crippen LogP contribution in [0.1, 0.15) is 16.1 Å². The Morgan fingerprint density at radius 2 is 1.80 bits per heavy atom. The Labute approximate surface area is 166 Å². The van der Waals surface area contributed by atoms with Gasteiger partial charge in [0.05, 0.1) is 5.56 Å². The van der Waals surface area contributed by atoms with Gasteiger partial charge in [0.15, 0.2) is 5.76 Å². The molecule has 0 aliphatic carbocycles. The minimum absolute atomic E-state index is 0.0696. The van der Waals surface area contributed by atoms with E-state index in [1.807, 2.05) is 0 Å². The molecule has 0 atom stereocenters. The molecule has 1 amide bonds.